The van der Waals surface area contributed by atoms with Crippen LogP contribution in [-0.2, 0) is 4.79 Å². The van der Waals surface area contributed by atoms with Gasteiger partial charge in [-0.15, -0.1) is 0 Å². The summed E-state index contributed by atoms with van der Waals surface area (Å²) < 4.78 is 11.1. The second-order valence-corrected chi connectivity index (χ2v) is 5.85. The second kappa shape index (κ2) is 6.78. The maximum Gasteiger partial charge on any atom is 0.218 e. The van der Waals surface area contributed by atoms with Crippen LogP contribution in [0.4, 0.5) is 0 Å². The standard InChI is InChI=1S/C16H20N4O3/c1-10(4-16(17)21)14-6-15(23-20-14)11-5-13(8-18-7-11)22-9-12-2-3-19-12/h5-8,10,12,19H,2-4,9H2,1H3,(H2,17,21). The van der Waals surface area contributed by atoms with Crippen molar-refractivity contribution in [2.75, 3.05) is 13.2 Å². The van der Waals surface area contributed by atoms with Gasteiger partial charge < -0.3 is 20.3 Å². The van der Waals surface area contributed by atoms with Gasteiger partial charge in [0.15, 0.2) is 5.76 Å². The minimum Gasteiger partial charge on any atom is -0.490 e. The van der Waals surface area contributed by atoms with E-state index >= 15 is 0 Å². The number of carbonyl (C=O) groups is 1. The predicted octanol–water partition coefficient (Wildman–Crippen LogP) is 1.46. The lowest BCUT2D eigenvalue weighted by molar-refractivity contribution is -0.118. The molecule has 0 radical (unpaired) electrons. The number of nitrogens with two attached hydrogens (primary N) is 1. The summed E-state index contributed by atoms with van der Waals surface area (Å²) in [5.41, 5.74) is 6.70. The van der Waals surface area contributed by atoms with E-state index in [1.807, 2.05) is 19.1 Å². The molecule has 0 saturated carbocycles. The van der Waals surface area contributed by atoms with Crippen molar-refractivity contribution in [2.24, 2.45) is 5.73 Å². The van der Waals surface area contributed by atoms with Crippen LogP contribution in [0.2, 0.25) is 0 Å². The van der Waals surface area contributed by atoms with E-state index in [9.17, 15) is 4.79 Å². The number of rotatable bonds is 7. The van der Waals surface area contributed by atoms with Crippen LogP contribution in [-0.4, -0.2) is 35.2 Å². The van der Waals surface area contributed by atoms with Gasteiger partial charge in [0.25, 0.3) is 0 Å². The molecule has 122 valence electrons. The van der Waals surface area contributed by atoms with Gasteiger partial charge in [-0.25, -0.2) is 0 Å². The summed E-state index contributed by atoms with van der Waals surface area (Å²) in [6.45, 7) is 3.56. The molecule has 3 N–H and O–H groups in total. The lowest BCUT2D eigenvalue weighted by Crippen LogP contribution is -2.46. The molecule has 2 atom stereocenters. The van der Waals surface area contributed by atoms with Crippen molar-refractivity contribution in [1.29, 1.82) is 0 Å². The maximum absolute atomic E-state index is 11.0. The minimum absolute atomic E-state index is 0.0814. The van der Waals surface area contributed by atoms with Crippen LogP contribution in [0.1, 0.15) is 31.4 Å². The molecule has 1 aliphatic rings. The van der Waals surface area contributed by atoms with E-state index in [2.05, 4.69) is 15.5 Å². The molecule has 7 heteroatoms. The minimum atomic E-state index is -0.358. The zero-order chi connectivity index (χ0) is 16.2. The molecule has 0 bridgehead atoms. The van der Waals surface area contributed by atoms with Crippen LogP contribution < -0.4 is 15.8 Å². The Kier molecular flexibility index (Phi) is 4.57. The molecule has 0 spiro atoms. The molecule has 2 aromatic heterocycles. The quantitative estimate of drug-likeness (QED) is 0.801. The third kappa shape index (κ3) is 3.87. The van der Waals surface area contributed by atoms with Gasteiger partial charge in [0.2, 0.25) is 5.91 Å². The molecule has 1 fully saturated rings. The van der Waals surface area contributed by atoms with E-state index in [1.54, 1.807) is 12.4 Å². The second-order valence-electron chi connectivity index (χ2n) is 5.85. The summed E-state index contributed by atoms with van der Waals surface area (Å²) in [5, 5.41) is 7.29. The number of hydrogen-bond donors (Lipinski definition) is 2. The number of primary amides is 1. The summed E-state index contributed by atoms with van der Waals surface area (Å²) in [7, 11) is 0. The zero-order valence-electron chi connectivity index (χ0n) is 13.0. The molecule has 3 rings (SSSR count). The molecular weight excluding hydrogens is 296 g/mol. The fourth-order valence-electron chi connectivity index (χ4n) is 2.38. The third-order valence-electron chi connectivity index (χ3n) is 3.92. The Morgan fingerprint density at radius 3 is 3.04 bits per heavy atom. The van der Waals surface area contributed by atoms with Crippen LogP contribution in [0.15, 0.2) is 29.0 Å². The van der Waals surface area contributed by atoms with Gasteiger partial charge in [-0.1, -0.05) is 12.1 Å². The highest BCUT2D eigenvalue weighted by atomic mass is 16.5. The number of nitrogens with zero attached hydrogens (tertiary/aromatic N) is 2. The summed E-state index contributed by atoms with van der Waals surface area (Å²) in [6.07, 6.45) is 4.74. The monoisotopic (exact) mass is 316 g/mol. The van der Waals surface area contributed by atoms with Gasteiger partial charge in [0.05, 0.1) is 11.9 Å². The Morgan fingerprint density at radius 1 is 1.52 bits per heavy atom. The van der Waals surface area contributed by atoms with Gasteiger partial charge in [-0.2, -0.15) is 0 Å². The Hall–Kier alpha value is -2.41. The van der Waals surface area contributed by atoms with E-state index in [0.717, 1.165) is 18.5 Å². The lowest BCUT2D eigenvalue weighted by atomic mass is 10.0. The van der Waals surface area contributed by atoms with E-state index in [-0.39, 0.29) is 18.2 Å². The number of aromatic nitrogens is 2. The van der Waals surface area contributed by atoms with Crippen molar-refractivity contribution in [2.45, 2.75) is 31.7 Å². The van der Waals surface area contributed by atoms with E-state index in [4.69, 9.17) is 15.0 Å². The number of nitrogens with one attached hydrogen (secondary N) is 1. The fourth-order valence-corrected chi connectivity index (χ4v) is 2.38. The van der Waals surface area contributed by atoms with Crippen LogP contribution >= 0.6 is 0 Å². The SMILES string of the molecule is CC(CC(N)=O)c1cc(-c2cncc(OCC3CCN3)c2)on1. The first-order chi connectivity index (χ1) is 11.1. The first-order valence-corrected chi connectivity index (χ1v) is 7.68. The smallest absolute Gasteiger partial charge is 0.218 e. The Bertz CT molecular complexity index is 681. The summed E-state index contributed by atoms with van der Waals surface area (Å²) in [4.78, 5) is 15.2. The maximum atomic E-state index is 11.0. The average Bonchev–Trinajstić information content (AvgIpc) is 2.95. The van der Waals surface area contributed by atoms with Crippen molar-refractivity contribution in [3.8, 4) is 17.1 Å². The number of ether oxygens (including phenoxy) is 1. The predicted molar refractivity (Wildman–Crippen MR) is 83.9 cm³/mol. The Balaban J connectivity index is 1.68. The molecule has 7 nitrogen and oxygen atoms in total. The summed E-state index contributed by atoms with van der Waals surface area (Å²) in [5.74, 6) is 0.848. The van der Waals surface area contributed by atoms with Crippen molar-refractivity contribution in [3.63, 3.8) is 0 Å². The third-order valence-corrected chi connectivity index (χ3v) is 3.92. The Labute approximate surface area is 134 Å². The van der Waals surface area contributed by atoms with E-state index < -0.39 is 0 Å². The first kappa shape index (κ1) is 15.5. The molecule has 2 unspecified atom stereocenters. The molecule has 0 aromatic carbocycles. The lowest BCUT2D eigenvalue weighted by Gasteiger charge is -2.27. The normalized spacial score (nSPS) is 18.2. The van der Waals surface area contributed by atoms with Crippen LogP contribution in [0.25, 0.3) is 11.3 Å². The summed E-state index contributed by atoms with van der Waals surface area (Å²) >= 11 is 0. The molecule has 3 heterocycles. The van der Waals surface area contributed by atoms with Crippen molar-refractivity contribution < 1.29 is 14.1 Å². The molecule has 0 aliphatic carbocycles. The molecule has 2 aromatic rings. The number of hydrogen-bond acceptors (Lipinski definition) is 6. The molecular formula is C16H20N4O3. The van der Waals surface area contributed by atoms with Gasteiger partial charge in [0, 0.05) is 36.2 Å². The van der Waals surface area contributed by atoms with Gasteiger partial charge in [-0.3, -0.25) is 9.78 Å². The highest BCUT2D eigenvalue weighted by molar-refractivity contribution is 5.74. The van der Waals surface area contributed by atoms with E-state index in [1.165, 1.54) is 0 Å². The topological polar surface area (TPSA) is 103 Å². The van der Waals surface area contributed by atoms with Crippen molar-refractivity contribution >= 4 is 5.91 Å². The fraction of sp³-hybridized carbons (Fsp3) is 0.438. The summed E-state index contributed by atoms with van der Waals surface area (Å²) in [6, 6.07) is 4.10. The van der Waals surface area contributed by atoms with Gasteiger partial charge in [-0.05, 0) is 19.0 Å². The first-order valence-electron chi connectivity index (χ1n) is 7.68. The Morgan fingerprint density at radius 2 is 2.35 bits per heavy atom. The van der Waals surface area contributed by atoms with Gasteiger partial charge in [0.1, 0.15) is 12.4 Å². The molecule has 1 saturated heterocycles. The highest BCUT2D eigenvalue weighted by Gasteiger charge is 2.18. The van der Waals surface area contributed by atoms with Crippen LogP contribution in [0.5, 0.6) is 5.75 Å². The number of pyridine rings is 1. The molecule has 23 heavy (non-hydrogen) atoms. The van der Waals surface area contributed by atoms with Crippen molar-refractivity contribution in [1.82, 2.24) is 15.5 Å². The molecule has 1 aliphatic heterocycles. The van der Waals surface area contributed by atoms with E-state index in [0.29, 0.717) is 29.9 Å². The molecule has 1 amide bonds. The largest absolute Gasteiger partial charge is 0.490 e. The van der Waals surface area contributed by atoms with Crippen molar-refractivity contribution in [3.05, 3.63) is 30.2 Å². The zero-order valence-corrected chi connectivity index (χ0v) is 13.0. The number of amides is 1. The van der Waals surface area contributed by atoms with Crippen LogP contribution in [0, 0.1) is 0 Å². The average molecular weight is 316 g/mol. The van der Waals surface area contributed by atoms with Gasteiger partial charge >= 0.3 is 0 Å². The highest BCUT2D eigenvalue weighted by Crippen LogP contribution is 2.27. The number of carbonyl (C=O) groups excluding carboxylic acids is 1. The van der Waals surface area contributed by atoms with Crippen LogP contribution in [0.3, 0.4) is 0 Å².